The number of benzene rings is 2. The fourth-order valence-electron chi connectivity index (χ4n) is 2.37. The van der Waals surface area contributed by atoms with E-state index in [1.165, 1.54) is 0 Å². The van der Waals surface area contributed by atoms with Crippen LogP contribution in [0.4, 0.5) is 0 Å². The molecule has 0 unspecified atom stereocenters. The molecule has 0 saturated heterocycles. The molecule has 2 aromatic carbocycles. The molecule has 2 aromatic rings. The molecule has 4 nitrogen and oxygen atoms in total. The van der Waals surface area contributed by atoms with Crippen molar-refractivity contribution < 1.29 is 13.2 Å². The van der Waals surface area contributed by atoms with E-state index in [4.69, 9.17) is 4.74 Å². The van der Waals surface area contributed by atoms with Crippen molar-refractivity contribution >= 4 is 26.0 Å². The fraction of sp³-hybridized carbons (Fsp3) is 0.294. The molecule has 2 rings (SSSR count). The summed E-state index contributed by atoms with van der Waals surface area (Å²) in [5.74, 6) is 0.791. The Morgan fingerprint density at radius 3 is 2.35 bits per heavy atom. The highest BCUT2D eigenvalue weighted by atomic mass is 79.9. The predicted octanol–water partition coefficient (Wildman–Crippen LogP) is 4.20. The number of rotatable bonds is 6. The van der Waals surface area contributed by atoms with E-state index >= 15 is 0 Å². The van der Waals surface area contributed by atoms with E-state index in [0.717, 1.165) is 21.3 Å². The first kappa shape index (κ1) is 18.0. The summed E-state index contributed by atoms with van der Waals surface area (Å²) >= 11 is 3.31. The van der Waals surface area contributed by atoms with Gasteiger partial charge in [0.25, 0.3) is 0 Å². The quantitative estimate of drug-likeness (QED) is 0.794. The highest BCUT2D eigenvalue weighted by molar-refractivity contribution is 9.10. The lowest BCUT2D eigenvalue weighted by Crippen LogP contribution is -2.28. The molecule has 1 atom stereocenters. The van der Waals surface area contributed by atoms with E-state index < -0.39 is 10.0 Å². The van der Waals surface area contributed by atoms with Gasteiger partial charge in [-0.25, -0.2) is 13.1 Å². The summed E-state index contributed by atoms with van der Waals surface area (Å²) in [5.41, 5.74) is 1.90. The predicted molar refractivity (Wildman–Crippen MR) is 95.2 cm³/mol. The summed E-state index contributed by atoms with van der Waals surface area (Å²) in [6, 6.07) is 12.0. The third kappa shape index (κ3) is 4.34. The minimum absolute atomic E-state index is 0.254. The van der Waals surface area contributed by atoms with E-state index in [9.17, 15) is 8.42 Å². The molecule has 0 amide bonds. The van der Waals surface area contributed by atoms with Crippen LogP contribution in [0.15, 0.2) is 51.8 Å². The number of aryl methyl sites for hydroxylation is 1. The van der Waals surface area contributed by atoms with Crippen LogP contribution in [0.5, 0.6) is 5.75 Å². The summed E-state index contributed by atoms with van der Waals surface area (Å²) in [5, 5.41) is 0. The number of methoxy groups -OCH3 is 1. The second kappa shape index (κ2) is 7.47. The zero-order valence-electron chi connectivity index (χ0n) is 13.3. The molecule has 0 fully saturated rings. The van der Waals surface area contributed by atoms with Gasteiger partial charge in [-0.05, 0) is 54.8 Å². The monoisotopic (exact) mass is 397 g/mol. The zero-order valence-corrected chi connectivity index (χ0v) is 15.7. The second-order valence-corrected chi connectivity index (χ2v) is 7.89. The van der Waals surface area contributed by atoms with Crippen LogP contribution in [0.3, 0.4) is 0 Å². The lowest BCUT2D eigenvalue weighted by atomic mass is 10.0. The minimum Gasteiger partial charge on any atom is -0.496 e. The fourth-order valence-corrected chi connectivity index (χ4v) is 3.95. The van der Waals surface area contributed by atoms with Crippen molar-refractivity contribution in [3.05, 3.63) is 58.1 Å². The van der Waals surface area contributed by atoms with Crippen molar-refractivity contribution in [2.24, 2.45) is 0 Å². The van der Waals surface area contributed by atoms with Gasteiger partial charge < -0.3 is 4.74 Å². The van der Waals surface area contributed by atoms with Crippen LogP contribution in [0, 0.1) is 6.92 Å². The Hall–Kier alpha value is -1.37. The van der Waals surface area contributed by atoms with E-state index in [1.54, 1.807) is 31.4 Å². The van der Waals surface area contributed by atoms with E-state index in [1.807, 2.05) is 32.0 Å². The molecule has 6 heteroatoms. The maximum atomic E-state index is 12.5. The van der Waals surface area contributed by atoms with Gasteiger partial charge >= 0.3 is 0 Å². The summed E-state index contributed by atoms with van der Waals surface area (Å²) in [4.78, 5) is 0.254. The molecule has 0 heterocycles. The summed E-state index contributed by atoms with van der Waals surface area (Å²) in [6.07, 6.45) is 0.654. The Labute approximate surface area is 146 Å². The zero-order chi connectivity index (χ0) is 17.0. The third-order valence-corrected chi connectivity index (χ3v) is 5.67. The van der Waals surface area contributed by atoms with Crippen LogP contribution in [0.2, 0.25) is 0 Å². The van der Waals surface area contributed by atoms with Crippen LogP contribution < -0.4 is 9.46 Å². The van der Waals surface area contributed by atoms with Crippen molar-refractivity contribution in [1.82, 2.24) is 4.72 Å². The number of ether oxygens (including phenoxy) is 1. The molecule has 1 N–H and O–H groups in total. The van der Waals surface area contributed by atoms with E-state index in [0.29, 0.717) is 6.42 Å². The highest BCUT2D eigenvalue weighted by Crippen LogP contribution is 2.26. The van der Waals surface area contributed by atoms with Gasteiger partial charge in [0, 0.05) is 10.5 Å². The molecule has 0 spiro atoms. The van der Waals surface area contributed by atoms with E-state index in [-0.39, 0.29) is 10.9 Å². The van der Waals surface area contributed by atoms with Gasteiger partial charge in [0.2, 0.25) is 10.0 Å². The van der Waals surface area contributed by atoms with Crippen molar-refractivity contribution in [3.63, 3.8) is 0 Å². The average molecular weight is 398 g/mol. The van der Waals surface area contributed by atoms with Crippen molar-refractivity contribution in [1.29, 1.82) is 0 Å². The molecule has 23 heavy (non-hydrogen) atoms. The lowest BCUT2D eigenvalue weighted by Gasteiger charge is -2.19. The Balaban J connectivity index is 2.28. The standard InChI is InChI=1S/C17H20BrNO3S/c1-4-16(13-5-10-17(22-3)12(2)11-13)19-23(20,21)15-8-6-14(18)7-9-15/h5-11,16,19H,4H2,1-3H3/t16-/m0/s1. The van der Waals surface area contributed by atoms with Crippen LogP contribution in [0.25, 0.3) is 0 Å². The molecule has 0 saturated carbocycles. The molecule has 0 aliphatic heterocycles. The van der Waals surface area contributed by atoms with Crippen molar-refractivity contribution in [3.8, 4) is 5.75 Å². The molecule has 0 radical (unpaired) electrons. The Bertz CT molecular complexity index is 773. The third-order valence-electron chi connectivity index (χ3n) is 3.65. The first-order chi connectivity index (χ1) is 10.9. The second-order valence-electron chi connectivity index (χ2n) is 5.27. The lowest BCUT2D eigenvalue weighted by molar-refractivity contribution is 0.411. The van der Waals surface area contributed by atoms with E-state index in [2.05, 4.69) is 20.7 Å². The van der Waals surface area contributed by atoms with Gasteiger partial charge in [0.05, 0.1) is 12.0 Å². The largest absolute Gasteiger partial charge is 0.496 e. The van der Waals surface area contributed by atoms with Crippen molar-refractivity contribution in [2.45, 2.75) is 31.2 Å². The topological polar surface area (TPSA) is 55.4 Å². The summed E-state index contributed by atoms with van der Waals surface area (Å²) in [6.45, 7) is 3.90. The van der Waals surface area contributed by atoms with Crippen LogP contribution in [-0.2, 0) is 10.0 Å². The van der Waals surface area contributed by atoms with Gasteiger partial charge in [-0.15, -0.1) is 0 Å². The van der Waals surface area contributed by atoms with Gasteiger partial charge in [0.15, 0.2) is 0 Å². The molecule has 0 aliphatic rings. The molecule has 0 aromatic heterocycles. The van der Waals surface area contributed by atoms with Crippen LogP contribution in [0.1, 0.15) is 30.5 Å². The van der Waals surface area contributed by atoms with Gasteiger partial charge in [-0.2, -0.15) is 0 Å². The number of hydrogen-bond donors (Lipinski definition) is 1. The number of nitrogens with one attached hydrogen (secondary N) is 1. The SMILES string of the molecule is CC[C@H](NS(=O)(=O)c1ccc(Br)cc1)c1ccc(OC)c(C)c1. The molecule has 0 bridgehead atoms. The van der Waals surface area contributed by atoms with Crippen LogP contribution in [-0.4, -0.2) is 15.5 Å². The molecular formula is C17H20BrNO3S. The number of sulfonamides is 1. The maximum absolute atomic E-state index is 12.5. The molecular weight excluding hydrogens is 378 g/mol. The number of halogens is 1. The first-order valence-electron chi connectivity index (χ1n) is 7.30. The molecule has 124 valence electrons. The average Bonchev–Trinajstić information content (AvgIpc) is 2.53. The van der Waals surface area contributed by atoms with Gasteiger partial charge in [-0.1, -0.05) is 35.0 Å². The van der Waals surface area contributed by atoms with Gasteiger partial charge in [0.1, 0.15) is 5.75 Å². The van der Waals surface area contributed by atoms with Crippen molar-refractivity contribution in [2.75, 3.05) is 7.11 Å². The Kier molecular flexibility index (Phi) is 5.84. The Morgan fingerprint density at radius 2 is 1.83 bits per heavy atom. The maximum Gasteiger partial charge on any atom is 0.241 e. The normalized spacial score (nSPS) is 12.9. The summed E-state index contributed by atoms with van der Waals surface area (Å²) in [7, 11) is -1.95. The Morgan fingerprint density at radius 1 is 1.17 bits per heavy atom. The smallest absolute Gasteiger partial charge is 0.241 e. The number of hydrogen-bond acceptors (Lipinski definition) is 3. The minimum atomic E-state index is -3.57. The first-order valence-corrected chi connectivity index (χ1v) is 9.57. The van der Waals surface area contributed by atoms with Gasteiger partial charge in [-0.3, -0.25) is 0 Å². The molecule has 0 aliphatic carbocycles. The van der Waals surface area contributed by atoms with Crippen LogP contribution >= 0.6 is 15.9 Å². The summed E-state index contributed by atoms with van der Waals surface area (Å²) < 4.78 is 34.0. The highest BCUT2D eigenvalue weighted by Gasteiger charge is 2.20.